The third kappa shape index (κ3) is 11.2. The number of benzene rings is 2. The summed E-state index contributed by atoms with van der Waals surface area (Å²) in [4.78, 5) is 0. The molecule has 0 aromatic heterocycles. The van der Waals surface area contributed by atoms with E-state index in [2.05, 4.69) is 88.4 Å². The molecule has 0 unspecified atom stereocenters. The number of thioether (sulfide) groups is 2. The van der Waals surface area contributed by atoms with Crippen LogP contribution in [0.5, 0.6) is 0 Å². The molecule has 0 N–H and O–H groups in total. The second-order valence-corrected chi connectivity index (χ2v) is 12.3. The fourth-order valence-electron chi connectivity index (χ4n) is 3.15. The number of hydrogen-bond donors (Lipinski definition) is 0. The van der Waals surface area contributed by atoms with Crippen LogP contribution >= 0.6 is 23.5 Å². The fraction of sp³-hybridized carbons (Fsp3) is 0.538. The van der Waals surface area contributed by atoms with Gasteiger partial charge in [-0.25, -0.2) is 0 Å². The van der Waals surface area contributed by atoms with Crippen molar-refractivity contribution in [3.05, 3.63) is 71.8 Å². The highest BCUT2D eigenvalue weighted by atomic mass is 32.2. The summed E-state index contributed by atoms with van der Waals surface area (Å²) < 4.78 is 6.53. The fourth-order valence-corrected chi connectivity index (χ4v) is 5.23. The average Bonchev–Trinajstić information content (AvgIpc) is 2.72. The molecule has 0 aliphatic rings. The molecule has 160 valence electrons. The lowest BCUT2D eigenvalue weighted by Crippen LogP contribution is -2.17. The Balaban J connectivity index is 1.51. The van der Waals surface area contributed by atoms with Gasteiger partial charge in [0.15, 0.2) is 0 Å². The standard InChI is InChI=1S/C26H38OS2/c1-25(2,28-21-23-13-7-5-8-14-23)17-11-19-27-20-12-18-26(3,4)29-22-24-15-9-6-10-16-24/h5-10,13-16H,11-12,17-22H2,1-4H3. The van der Waals surface area contributed by atoms with Gasteiger partial charge in [0.1, 0.15) is 0 Å². The largest absolute Gasteiger partial charge is 0.381 e. The summed E-state index contributed by atoms with van der Waals surface area (Å²) in [7, 11) is 0. The molecule has 1 nitrogen and oxygen atoms in total. The molecule has 0 spiro atoms. The number of rotatable bonds is 14. The molecular weight excluding hydrogens is 392 g/mol. The Morgan fingerprint density at radius 1 is 0.621 bits per heavy atom. The summed E-state index contributed by atoms with van der Waals surface area (Å²) >= 11 is 4.10. The lowest BCUT2D eigenvalue weighted by Gasteiger charge is -2.25. The predicted molar refractivity (Wildman–Crippen MR) is 133 cm³/mol. The highest BCUT2D eigenvalue weighted by Gasteiger charge is 2.19. The van der Waals surface area contributed by atoms with Crippen molar-refractivity contribution in [3.8, 4) is 0 Å². The lowest BCUT2D eigenvalue weighted by atomic mass is 10.1. The van der Waals surface area contributed by atoms with Gasteiger partial charge >= 0.3 is 0 Å². The quantitative estimate of drug-likeness (QED) is 0.281. The molecule has 2 aromatic carbocycles. The van der Waals surface area contributed by atoms with Gasteiger partial charge in [-0.3, -0.25) is 0 Å². The lowest BCUT2D eigenvalue weighted by molar-refractivity contribution is 0.124. The molecule has 0 amide bonds. The van der Waals surface area contributed by atoms with Crippen LogP contribution in [0.4, 0.5) is 0 Å². The highest BCUT2D eigenvalue weighted by molar-refractivity contribution is 8.00. The van der Waals surface area contributed by atoms with E-state index in [1.165, 1.54) is 24.0 Å². The molecule has 0 fully saturated rings. The first-order chi connectivity index (χ1) is 13.9. The molecule has 0 heterocycles. The van der Waals surface area contributed by atoms with Gasteiger partial charge in [-0.1, -0.05) is 88.4 Å². The Kier molecular flexibility index (Phi) is 10.7. The molecule has 2 rings (SSSR count). The van der Waals surface area contributed by atoms with E-state index in [9.17, 15) is 0 Å². The SMILES string of the molecule is CC(C)(CCCOCCCC(C)(C)SCc1ccccc1)SCc1ccccc1. The first-order valence-electron chi connectivity index (χ1n) is 10.8. The summed E-state index contributed by atoms with van der Waals surface area (Å²) in [6, 6.07) is 21.5. The summed E-state index contributed by atoms with van der Waals surface area (Å²) in [6.07, 6.45) is 4.67. The van der Waals surface area contributed by atoms with Crippen LogP contribution in [0.15, 0.2) is 60.7 Å². The molecule has 2 aromatic rings. The topological polar surface area (TPSA) is 9.23 Å². The van der Waals surface area contributed by atoms with Crippen LogP contribution in [0.2, 0.25) is 0 Å². The van der Waals surface area contributed by atoms with E-state index in [0.717, 1.165) is 37.6 Å². The Morgan fingerprint density at radius 3 is 1.38 bits per heavy atom. The van der Waals surface area contributed by atoms with Gasteiger partial charge in [0.2, 0.25) is 0 Å². The second-order valence-electron chi connectivity index (χ2n) is 8.89. The summed E-state index contributed by atoms with van der Waals surface area (Å²) in [5, 5.41) is 0. The van der Waals surface area contributed by atoms with Crippen molar-refractivity contribution in [2.75, 3.05) is 13.2 Å². The maximum Gasteiger partial charge on any atom is 0.0466 e. The number of ether oxygens (including phenoxy) is 1. The van der Waals surface area contributed by atoms with Crippen LogP contribution in [0.1, 0.15) is 64.5 Å². The Bertz CT molecular complexity index is 608. The summed E-state index contributed by atoms with van der Waals surface area (Å²) in [5.41, 5.74) is 2.82. The third-order valence-electron chi connectivity index (χ3n) is 5.08. The zero-order chi connectivity index (χ0) is 21.0. The molecule has 0 bridgehead atoms. The zero-order valence-electron chi connectivity index (χ0n) is 18.7. The van der Waals surface area contributed by atoms with E-state index in [1.54, 1.807) is 0 Å². The molecule has 0 aliphatic carbocycles. The van der Waals surface area contributed by atoms with Crippen molar-refractivity contribution in [2.24, 2.45) is 0 Å². The van der Waals surface area contributed by atoms with Crippen molar-refractivity contribution in [3.63, 3.8) is 0 Å². The minimum Gasteiger partial charge on any atom is -0.381 e. The van der Waals surface area contributed by atoms with Gasteiger partial charge in [0.25, 0.3) is 0 Å². The van der Waals surface area contributed by atoms with Crippen molar-refractivity contribution in [1.82, 2.24) is 0 Å². The Labute approximate surface area is 187 Å². The smallest absolute Gasteiger partial charge is 0.0466 e. The maximum atomic E-state index is 5.93. The molecule has 0 saturated heterocycles. The third-order valence-corrected chi connectivity index (χ3v) is 8.01. The van der Waals surface area contributed by atoms with Gasteiger partial charge in [0, 0.05) is 34.2 Å². The van der Waals surface area contributed by atoms with Gasteiger partial charge in [0.05, 0.1) is 0 Å². The zero-order valence-corrected chi connectivity index (χ0v) is 20.3. The molecule has 3 heteroatoms. The van der Waals surface area contributed by atoms with E-state index < -0.39 is 0 Å². The first kappa shape index (κ1) is 24.4. The minimum absolute atomic E-state index is 0.301. The molecule has 0 atom stereocenters. The van der Waals surface area contributed by atoms with Crippen LogP contribution < -0.4 is 0 Å². The van der Waals surface area contributed by atoms with Crippen molar-refractivity contribution in [1.29, 1.82) is 0 Å². The van der Waals surface area contributed by atoms with Gasteiger partial charge in [-0.2, -0.15) is 23.5 Å². The van der Waals surface area contributed by atoms with Crippen LogP contribution in [-0.4, -0.2) is 22.7 Å². The van der Waals surface area contributed by atoms with Crippen LogP contribution in [0.25, 0.3) is 0 Å². The highest BCUT2D eigenvalue weighted by Crippen LogP contribution is 2.33. The van der Waals surface area contributed by atoms with E-state index in [0.29, 0.717) is 9.49 Å². The van der Waals surface area contributed by atoms with E-state index >= 15 is 0 Å². The van der Waals surface area contributed by atoms with E-state index in [1.807, 2.05) is 23.5 Å². The first-order valence-corrected chi connectivity index (χ1v) is 12.8. The van der Waals surface area contributed by atoms with E-state index in [4.69, 9.17) is 4.74 Å². The second kappa shape index (κ2) is 12.7. The molecule has 0 radical (unpaired) electrons. The van der Waals surface area contributed by atoms with E-state index in [-0.39, 0.29) is 0 Å². The predicted octanol–water partition coefficient (Wildman–Crippen LogP) is 7.99. The van der Waals surface area contributed by atoms with Crippen LogP contribution in [0.3, 0.4) is 0 Å². The molecule has 0 aliphatic heterocycles. The van der Waals surface area contributed by atoms with Crippen LogP contribution in [0, 0.1) is 0 Å². The minimum atomic E-state index is 0.301. The monoisotopic (exact) mass is 430 g/mol. The van der Waals surface area contributed by atoms with Crippen molar-refractivity contribution < 1.29 is 4.74 Å². The summed E-state index contributed by atoms with van der Waals surface area (Å²) in [6.45, 7) is 11.2. The normalized spacial score (nSPS) is 12.3. The molecular formula is C26H38OS2. The van der Waals surface area contributed by atoms with Crippen molar-refractivity contribution in [2.45, 2.75) is 74.4 Å². The Hall–Kier alpha value is -0.900. The van der Waals surface area contributed by atoms with Crippen molar-refractivity contribution >= 4 is 23.5 Å². The van der Waals surface area contributed by atoms with Gasteiger partial charge in [-0.05, 0) is 36.8 Å². The molecule has 29 heavy (non-hydrogen) atoms. The van der Waals surface area contributed by atoms with Crippen LogP contribution in [-0.2, 0) is 16.2 Å². The maximum absolute atomic E-state index is 5.93. The van der Waals surface area contributed by atoms with Gasteiger partial charge < -0.3 is 4.74 Å². The Morgan fingerprint density at radius 2 is 1.00 bits per heavy atom. The summed E-state index contributed by atoms with van der Waals surface area (Å²) in [5.74, 6) is 2.18. The molecule has 0 saturated carbocycles. The van der Waals surface area contributed by atoms with Gasteiger partial charge in [-0.15, -0.1) is 0 Å². The average molecular weight is 431 g/mol. The number of hydrogen-bond acceptors (Lipinski definition) is 3.